The quantitative estimate of drug-likeness (QED) is 0.334. The van der Waals surface area contributed by atoms with Gasteiger partial charge in [-0.2, -0.15) is 0 Å². The highest BCUT2D eigenvalue weighted by atomic mass is 16.1. The maximum absolute atomic E-state index is 12.2. The van der Waals surface area contributed by atoms with Gasteiger partial charge in [0, 0.05) is 24.0 Å². The van der Waals surface area contributed by atoms with E-state index < -0.39 is 0 Å². The van der Waals surface area contributed by atoms with Gasteiger partial charge in [0.15, 0.2) is 5.78 Å². The monoisotopic (exact) mass is 318 g/mol. The average molecular weight is 318 g/mol. The largest absolute Gasteiger partial charge is 0.294 e. The van der Waals surface area contributed by atoms with Gasteiger partial charge in [-0.1, -0.05) is 68.9 Å². The van der Waals surface area contributed by atoms with Gasteiger partial charge in [0.05, 0.1) is 0 Å². The van der Waals surface area contributed by atoms with Crippen molar-refractivity contribution in [2.45, 2.75) is 52.4 Å². The second-order valence-corrected chi connectivity index (χ2v) is 6.09. The first-order valence-electron chi connectivity index (χ1n) is 8.97. The molecule has 0 atom stereocenters. The molecular formula is C23H26O. The molecule has 0 spiro atoms. The van der Waals surface area contributed by atoms with Crippen LogP contribution in [0.25, 0.3) is 11.1 Å². The minimum absolute atomic E-state index is 0.231. The Kier molecular flexibility index (Phi) is 7.30. The van der Waals surface area contributed by atoms with E-state index in [4.69, 9.17) is 0 Å². The molecule has 0 unspecified atom stereocenters. The summed E-state index contributed by atoms with van der Waals surface area (Å²) in [6.07, 6.45) is 5.89. The Balaban J connectivity index is 2.19. The number of benzene rings is 2. The molecule has 2 rings (SSSR count). The summed E-state index contributed by atoms with van der Waals surface area (Å²) in [5.41, 5.74) is 4.03. The Labute approximate surface area is 146 Å². The summed E-state index contributed by atoms with van der Waals surface area (Å²) in [4.78, 5) is 12.2. The maximum Gasteiger partial charge on any atom is 0.162 e. The van der Waals surface area contributed by atoms with Crippen LogP contribution in [0.4, 0.5) is 0 Å². The van der Waals surface area contributed by atoms with Crippen molar-refractivity contribution in [3.63, 3.8) is 0 Å². The van der Waals surface area contributed by atoms with Crippen molar-refractivity contribution >= 4 is 5.78 Å². The first-order valence-corrected chi connectivity index (χ1v) is 8.97. The van der Waals surface area contributed by atoms with Gasteiger partial charge in [-0.25, -0.2) is 0 Å². The molecule has 0 saturated carbocycles. The highest BCUT2D eigenvalue weighted by molar-refractivity contribution is 5.97. The van der Waals surface area contributed by atoms with Gasteiger partial charge in [0.1, 0.15) is 0 Å². The third-order valence-electron chi connectivity index (χ3n) is 4.03. The van der Waals surface area contributed by atoms with Crippen LogP contribution in [0.15, 0.2) is 48.5 Å². The SMILES string of the molecule is CCCCC#Cc1cccc(-c2cccc(C(=O)CCCC)c2)c1. The van der Waals surface area contributed by atoms with Crippen LogP contribution < -0.4 is 0 Å². The first-order chi connectivity index (χ1) is 11.7. The first kappa shape index (κ1) is 18.0. The second kappa shape index (κ2) is 9.73. The lowest BCUT2D eigenvalue weighted by Gasteiger charge is -2.06. The molecule has 0 aliphatic heterocycles. The molecule has 0 aliphatic carbocycles. The van der Waals surface area contributed by atoms with Crippen LogP contribution in [0.2, 0.25) is 0 Å². The average Bonchev–Trinajstić information content (AvgIpc) is 2.63. The van der Waals surface area contributed by atoms with E-state index >= 15 is 0 Å². The van der Waals surface area contributed by atoms with E-state index in [9.17, 15) is 4.79 Å². The molecule has 0 aromatic heterocycles. The van der Waals surface area contributed by atoms with Gasteiger partial charge >= 0.3 is 0 Å². The summed E-state index contributed by atoms with van der Waals surface area (Å²) < 4.78 is 0. The third-order valence-corrected chi connectivity index (χ3v) is 4.03. The predicted molar refractivity (Wildman–Crippen MR) is 102 cm³/mol. The van der Waals surface area contributed by atoms with Crippen molar-refractivity contribution in [1.29, 1.82) is 0 Å². The van der Waals surface area contributed by atoms with Gasteiger partial charge in [-0.15, -0.1) is 0 Å². The van der Waals surface area contributed by atoms with Crippen molar-refractivity contribution in [1.82, 2.24) is 0 Å². The minimum Gasteiger partial charge on any atom is -0.294 e. The van der Waals surface area contributed by atoms with Gasteiger partial charge in [-0.3, -0.25) is 4.79 Å². The summed E-state index contributed by atoms with van der Waals surface area (Å²) >= 11 is 0. The van der Waals surface area contributed by atoms with E-state index in [0.717, 1.165) is 47.9 Å². The van der Waals surface area contributed by atoms with Crippen LogP contribution in [0.5, 0.6) is 0 Å². The molecule has 0 fully saturated rings. The summed E-state index contributed by atoms with van der Waals surface area (Å²) in [6, 6.07) is 16.2. The lowest BCUT2D eigenvalue weighted by atomic mass is 9.98. The summed E-state index contributed by atoms with van der Waals surface area (Å²) in [7, 11) is 0. The number of carbonyl (C=O) groups excluding carboxylic acids is 1. The Morgan fingerprint density at radius 2 is 1.62 bits per heavy atom. The normalized spacial score (nSPS) is 10.1. The van der Waals surface area contributed by atoms with Gasteiger partial charge in [0.2, 0.25) is 0 Å². The number of hydrogen-bond acceptors (Lipinski definition) is 1. The molecule has 1 nitrogen and oxygen atoms in total. The van der Waals surface area contributed by atoms with Crippen molar-refractivity contribution in [2.75, 3.05) is 0 Å². The predicted octanol–water partition coefficient (Wildman–Crippen LogP) is 6.27. The molecule has 1 heteroatoms. The fourth-order valence-electron chi connectivity index (χ4n) is 2.56. The van der Waals surface area contributed by atoms with E-state index in [-0.39, 0.29) is 5.78 Å². The summed E-state index contributed by atoms with van der Waals surface area (Å²) in [5.74, 6) is 6.70. The zero-order valence-corrected chi connectivity index (χ0v) is 14.8. The number of ketones is 1. The van der Waals surface area contributed by atoms with Crippen LogP contribution in [-0.4, -0.2) is 5.78 Å². The van der Waals surface area contributed by atoms with Crippen LogP contribution in [0.3, 0.4) is 0 Å². The zero-order valence-electron chi connectivity index (χ0n) is 14.8. The smallest absolute Gasteiger partial charge is 0.162 e. The number of rotatable bonds is 7. The van der Waals surface area contributed by atoms with Gasteiger partial charge < -0.3 is 0 Å². The second-order valence-electron chi connectivity index (χ2n) is 6.09. The lowest BCUT2D eigenvalue weighted by molar-refractivity contribution is 0.0980. The molecule has 2 aromatic rings. The molecule has 0 aliphatic rings. The van der Waals surface area contributed by atoms with E-state index in [1.54, 1.807) is 0 Å². The van der Waals surface area contributed by atoms with Crippen LogP contribution in [0, 0.1) is 11.8 Å². The molecule has 0 bridgehead atoms. The van der Waals surface area contributed by atoms with Gasteiger partial charge in [0.25, 0.3) is 0 Å². The standard InChI is InChI=1S/C23H26O/c1-3-5-7-8-11-19-12-9-13-20(17-19)21-14-10-15-22(18-21)23(24)16-6-4-2/h9-10,12-15,17-18H,3-7,16H2,1-2H3. The molecule has 0 amide bonds. The lowest BCUT2D eigenvalue weighted by Crippen LogP contribution is -1.98. The molecule has 0 heterocycles. The van der Waals surface area contributed by atoms with Crippen molar-refractivity contribution in [3.8, 4) is 23.0 Å². The molecule has 0 radical (unpaired) electrons. The van der Waals surface area contributed by atoms with Crippen LogP contribution in [-0.2, 0) is 0 Å². The number of carbonyl (C=O) groups is 1. The molecule has 2 aromatic carbocycles. The third kappa shape index (κ3) is 5.39. The topological polar surface area (TPSA) is 17.1 Å². The molecular weight excluding hydrogens is 292 g/mol. The Hall–Kier alpha value is -2.33. The van der Waals surface area contributed by atoms with Crippen molar-refractivity contribution < 1.29 is 4.79 Å². The molecule has 124 valence electrons. The highest BCUT2D eigenvalue weighted by Crippen LogP contribution is 2.22. The van der Waals surface area contributed by atoms with E-state index in [0.29, 0.717) is 6.42 Å². The molecule has 0 saturated heterocycles. The summed E-state index contributed by atoms with van der Waals surface area (Å²) in [6.45, 7) is 4.29. The Morgan fingerprint density at radius 1 is 0.917 bits per heavy atom. The summed E-state index contributed by atoms with van der Waals surface area (Å²) in [5, 5.41) is 0. The molecule has 24 heavy (non-hydrogen) atoms. The van der Waals surface area contributed by atoms with Crippen LogP contribution >= 0.6 is 0 Å². The number of hydrogen-bond donors (Lipinski definition) is 0. The number of unbranched alkanes of at least 4 members (excludes halogenated alkanes) is 3. The highest BCUT2D eigenvalue weighted by Gasteiger charge is 2.07. The maximum atomic E-state index is 12.2. The zero-order chi connectivity index (χ0) is 17.2. The fraction of sp³-hybridized carbons (Fsp3) is 0.348. The Morgan fingerprint density at radius 3 is 2.38 bits per heavy atom. The van der Waals surface area contributed by atoms with E-state index in [2.05, 4.69) is 43.9 Å². The van der Waals surface area contributed by atoms with Crippen LogP contribution in [0.1, 0.15) is 68.3 Å². The minimum atomic E-state index is 0.231. The number of Topliss-reactive ketones (excluding diaryl/α,β-unsaturated/α-hetero) is 1. The van der Waals surface area contributed by atoms with E-state index in [1.807, 2.05) is 30.3 Å². The fourth-order valence-corrected chi connectivity index (χ4v) is 2.56. The van der Waals surface area contributed by atoms with Crippen molar-refractivity contribution in [3.05, 3.63) is 59.7 Å². The van der Waals surface area contributed by atoms with E-state index in [1.165, 1.54) is 6.42 Å². The Bertz CT molecular complexity index is 731. The van der Waals surface area contributed by atoms with Gasteiger partial charge in [-0.05, 0) is 42.2 Å². The molecule has 0 N–H and O–H groups in total. The van der Waals surface area contributed by atoms with Crippen molar-refractivity contribution in [2.24, 2.45) is 0 Å².